The van der Waals surface area contributed by atoms with E-state index in [2.05, 4.69) is 0 Å². The summed E-state index contributed by atoms with van der Waals surface area (Å²) in [6.07, 6.45) is 0. The Kier molecular flexibility index (Phi) is 83.0. The number of rotatable bonds is 0. The van der Waals surface area contributed by atoms with E-state index >= 15 is 0 Å². The molecule has 0 saturated carbocycles. The second-order valence-electron chi connectivity index (χ2n) is 0.250. The van der Waals surface area contributed by atoms with Crippen LogP contribution in [0.1, 0.15) is 0 Å². The first-order chi connectivity index (χ1) is 1.73. The zero-order valence-corrected chi connectivity index (χ0v) is 8.72. The minimum atomic E-state index is -3.63. The van der Waals surface area contributed by atoms with Crippen LogP contribution in [-0.2, 0) is 4.46 Å². The van der Waals surface area contributed by atoms with Crippen LogP contribution in [0.4, 0.5) is 0 Å². The van der Waals surface area contributed by atoms with Crippen LogP contribution in [0.3, 0.4) is 0 Å². The summed E-state index contributed by atoms with van der Waals surface area (Å²) in [4.78, 5) is 17.0. The smallest absolute Gasteiger partial charge is 1.00 e. The normalized spacial score (nSPS) is 3.00. The minimum absolute atomic E-state index is 0. The zero-order chi connectivity index (χ0) is 3.58. The fourth-order valence-corrected chi connectivity index (χ4v) is 0. The van der Waals surface area contributed by atoms with Crippen LogP contribution in [0.2, 0.25) is 0 Å². The molecule has 0 rings (SSSR count). The van der Waals surface area contributed by atoms with Crippen molar-refractivity contribution in [2.75, 3.05) is 0 Å². The summed E-state index contributed by atoms with van der Waals surface area (Å²) in [5.74, 6) is 0. The first kappa shape index (κ1) is 29.6. The van der Waals surface area contributed by atoms with E-state index in [-0.39, 0.29) is 135 Å². The molecule has 8 heteroatoms. The van der Waals surface area contributed by atoms with Crippen molar-refractivity contribution in [3.63, 3.8) is 0 Å². The maximum Gasteiger partial charge on any atom is 1.00 e. The predicted molar refractivity (Wildman–Crippen MR) is 23.5 cm³/mol. The van der Waals surface area contributed by atoms with Crippen molar-refractivity contribution >= 4 is 84.6 Å². The van der Waals surface area contributed by atoms with Gasteiger partial charge < -0.3 is 14.1 Å². The summed E-state index contributed by atoms with van der Waals surface area (Å²) in [7, 11) is -3.63. The van der Waals surface area contributed by atoms with Crippen molar-refractivity contribution in [3.8, 4) is 0 Å². The van der Waals surface area contributed by atoms with Gasteiger partial charge in [0.2, 0.25) is 0 Å². The molecule has 0 radical (unpaired) electrons. The van der Waals surface area contributed by atoms with Gasteiger partial charge in [-0.05, 0) is 0 Å². The molecule has 0 aliphatic rings. The van der Waals surface area contributed by atoms with Crippen LogP contribution in [0.15, 0.2) is 0 Å². The zero-order valence-electron chi connectivity index (χ0n) is 3.72. The Morgan fingerprint density at radius 2 is 1.00 bits per heavy atom. The summed E-state index contributed by atoms with van der Waals surface area (Å²) < 4.78 is 8.52. The van der Waals surface area contributed by atoms with E-state index in [1.807, 2.05) is 0 Å². The van der Waals surface area contributed by atoms with Crippen molar-refractivity contribution in [1.82, 2.24) is 0 Å². The molecule has 0 aromatic rings. The maximum atomic E-state index is 8.52. The monoisotopic (exact) mass is 206 g/mol. The summed E-state index contributed by atoms with van der Waals surface area (Å²) in [5, 5.41) is 0. The summed E-state index contributed by atoms with van der Waals surface area (Å²) in [5.41, 5.74) is 0. The van der Waals surface area contributed by atoms with Gasteiger partial charge in [-0.3, -0.25) is 0 Å². The number of hydrogen-bond donors (Lipinski definition) is 0. The van der Waals surface area contributed by atoms with Crippen molar-refractivity contribution in [1.29, 1.82) is 0 Å². The molecule has 0 aromatic carbocycles. The van der Waals surface area contributed by atoms with E-state index in [1.54, 1.807) is 0 Å². The average Bonchev–Trinajstić information content (AvgIpc) is 0.811. The average molecular weight is 206 g/mol. The third-order valence-electron chi connectivity index (χ3n) is 0. The molecular formula is H4Ca2Na2O3Si. The first-order valence-corrected chi connectivity index (χ1v) is 1.84. The van der Waals surface area contributed by atoms with E-state index < -0.39 is 9.17 Å². The Morgan fingerprint density at radius 1 is 1.00 bits per heavy atom. The molecular weight excluding hydrogens is 202 g/mol. The quantitative estimate of drug-likeness (QED) is 0.370. The summed E-state index contributed by atoms with van der Waals surface area (Å²) in [6.45, 7) is 0. The molecule has 0 amide bonds. The van der Waals surface area contributed by atoms with Gasteiger partial charge in [0.15, 0.2) is 0 Å². The molecule has 0 saturated heterocycles. The Morgan fingerprint density at radius 3 is 1.00 bits per heavy atom. The predicted octanol–water partition coefficient (Wildman–Crippen LogP) is -10.7. The van der Waals surface area contributed by atoms with Gasteiger partial charge >= 0.3 is 135 Å². The van der Waals surface area contributed by atoms with E-state index in [0.29, 0.717) is 0 Å². The molecule has 0 fully saturated rings. The molecule has 8 heavy (non-hydrogen) atoms. The Labute approximate surface area is 153 Å². The van der Waals surface area contributed by atoms with Gasteiger partial charge in [0.05, 0.1) is 0 Å². The van der Waals surface area contributed by atoms with Crippen LogP contribution >= 0.6 is 0 Å². The third kappa shape index (κ3) is 49.5. The van der Waals surface area contributed by atoms with Crippen LogP contribution in [0.5, 0.6) is 0 Å². The van der Waals surface area contributed by atoms with Crippen molar-refractivity contribution in [2.45, 2.75) is 0 Å². The Hall–Kier alpha value is 4.14. The van der Waals surface area contributed by atoms with Crippen molar-refractivity contribution < 1.29 is 73.2 Å². The van der Waals surface area contributed by atoms with Crippen LogP contribution < -0.4 is 68.7 Å². The van der Waals surface area contributed by atoms with E-state index in [9.17, 15) is 0 Å². The first-order valence-electron chi connectivity index (χ1n) is 0.612. The van der Waals surface area contributed by atoms with Crippen LogP contribution in [0, 0.1) is 0 Å². The van der Waals surface area contributed by atoms with Gasteiger partial charge in [0.1, 0.15) is 0 Å². The molecule has 0 spiro atoms. The number of hydrogen-bond acceptors (Lipinski definition) is 3. The Bertz CT molecular complexity index is 38.3. The fourth-order valence-electron chi connectivity index (χ4n) is 0. The summed E-state index contributed by atoms with van der Waals surface area (Å²) >= 11 is 0. The molecule has 0 aromatic heterocycles. The second kappa shape index (κ2) is 22.5. The molecule has 0 atom stereocenters. The van der Waals surface area contributed by atoms with Gasteiger partial charge in [0.25, 0.3) is 0 Å². The van der Waals surface area contributed by atoms with Crippen LogP contribution in [-0.4, -0.2) is 84.6 Å². The Balaban J connectivity index is -0.00000000750. The standard InChI is InChI=1S/2Ca.2Na.O3Si.4H/c;;;;1-4(2)3;;;;/q;;2*+1;-2;;;;. The van der Waals surface area contributed by atoms with E-state index in [1.165, 1.54) is 0 Å². The largest absolute Gasteiger partial charge is 1.00 e. The van der Waals surface area contributed by atoms with Gasteiger partial charge in [-0.1, -0.05) is 0 Å². The molecule has 0 N–H and O–H groups in total. The van der Waals surface area contributed by atoms with Gasteiger partial charge in [0, 0.05) is 9.17 Å². The molecule has 0 heterocycles. The van der Waals surface area contributed by atoms with Gasteiger partial charge in [-0.25, -0.2) is 0 Å². The molecule has 32 valence electrons. The molecule has 0 bridgehead atoms. The third-order valence-corrected chi connectivity index (χ3v) is 0. The van der Waals surface area contributed by atoms with Crippen LogP contribution in [0.25, 0.3) is 0 Å². The maximum absolute atomic E-state index is 8.52. The fraction of sp³-hybridized carbons (Fsp3) is 0. The van der Waals surface area contributed by atoms with Gasteiger partial charge in [-0.15, -0.1) is 0 Å². The summed E-state index contributed by atoms with van der Waals surface area (Å²) in [6, 6.07) is 0. The molecule has 0 aliphatic carbocycles. The molecule has 3 nitrogen and oxygen atoms in total. The minimum Gasteiger partial charge on any atom is 1.00 e. The molecule has 0 aliphatic heterocycles. The molecule has 0 unspecified atom stereocenters. The van der Waals surface area contributed by atoms with E-state index in [0.717, 1.165) is 0 Å². The van der Waals surface area contributed by atoms with Gasteiger partial charge in [-0.2, -0.15) is 0 Å². The SMILES string of the molecule is O=[Si]([O-])[O-].[CaH2].[CaH2].[Na+].[Na+]. The van der Waals surface area contributed by atoms with Crippen molar-refractivity contribution in [3.05, 3.63) is 0 Å². The topological polar surface area (TPSA) is 63.2 Å². The van der Waals surface area contributed by atoms with Crippen molar-refractivity contribution in [2.24, 2.45) is 0 Å². The second-order valence-corrected chi connectivity index (χ2v) is 0.750. The van der Waals surface area contributed by atoms with E-state index in [4.69, 9.17) is 14.1 Å².